The van der Waals surface area contributed by atoms with Gasteiger partial charge in [-0.3, -0.25) is 0 Å². The van der Waals surface area contributed by atoms with Gasteiger partial charge in [0.2, 0.25) is 0 Å². The molecule has 0 spiro atoms. The minimum Gasteiger partial charge on any atom is -0.444 e. The fourth-order valence-corrected chi connectivity index (χ4v) is 3.55. The molecule has 0 aromatic carbocycles. The van der Waals surface area contributed by atoms with E-state index in [0.29, 0.717) is 6.04 Å². The molecule has 0 atom stereocenters. The number of amides is 1. The average molecular weight is 341 g/mol. The highest BCUT2D eigenvalue weighted by atomic mass is 16.6. The van der Waals surface area contributed by atoms with Crippen LogP contribution in [-0.2, 0) is 4.74 Å². The lowest BCUT2D eigenvalue weighted by Gasteiger charge is -2.36. The number of carbonyl (C=O) groups excluding carboxylic acids is 1. The molecule has 5 nitrogen and oxygen atoms in total. The molecule has 0 radical (unpaired) electrons. The first-order valence-corrected chi connectivity index (χ1v) is 9.66. The van der Waals surface area contributed by atoms with E-state index in [-0.39, 0.29) is 18.1 Å². The highest BCUT2D eigenvalue weighted by molar-refractivity contribution is 5.69. The van der Waals surface area contributed by atoms with Crippen LogP contribution in [0.3, 0.4) is 0 Å². The molecule has 0 aromatic heterocycles. The first-order valence-electron chi connectivity index (χ1n) is 9.66. The summed E-state index contributed by atoms with van der Waals surface area (Å²) >= 11 is 0. The third kappa shape index (κ3) is 6.25. The van der Waals surface area contributed by atoms with Gasteiger partial charge < -0.3 is 20.1 Å². The zero-order chi connectivity index (χ0) is 17.6. The van der Waals surface area contributed by atoms with Gasteiger partial charge in [-0.05, 0) is 59.4 Å². The number of rotatable bonds is 8. The molecule has 5 heteroatoms. The van der Waals surface area contributed by atoms with Gasteiger partial charge in [0, 0.05) is 31.2 Å². The van der Waals surface area contributed by atoms with Gasteiger partial charge in [-0.15, -0.1) is 0 Å². The van der Waals surface area contributed by atoms with Gasteiger partial charge in [0.15, 0.2) is 0 Å². The number of hydrogen-bond donors (Lipinski definition) is 2. The molecule has 2 N–H and O–H groups in total. The Kier molecular flexibility index (Phi) is 6.93. The molecular formula is C19H36N2O3. The summed E-state index contributed by atoms with van der Waals surface area (Å²) in [5.41, 5.74) is -0.351. The summed E-state index contributed by atoms with van der Waals surface area (Å²) < 4.78 is 5.52. The molecule has 24 heavy (non-hydrogen) atoms. The van der Waals surface area contributed by atoms with Crippen LogP contribution in [0.5, 0.6) is 0 Å². The maximum Gasteiger partial charge on any atom is 0.410 e. The molecule has 2 fully saturated rings. The summed E-state index contributed by atoms with van der Waals surface area (Å²) in [5.74, 6) is 0. The predicted molar refractivity (Wildman–Crippen MR) is 96.1 cm³/mol. The lowest BCUT2D eigenvalue weighted by atomic mass is 9.74. The van der Waals surface area contributed by atoms with E-state index in [0.717, 1.165) is 51.7 Å². The molecule has 2 aliphatic rings. The van der Waals surface area contributed by atoms with Crippen molar-refractivity contribution in [2.75, 3.05) is 26.2 Å². The minimum atomic E-state index is -0.434. The van der Waals surface area contributed by atoms with Gasteiger partial charge in [-0.25, -0.2) is 4.79 Å². The molecule has 0 unspecified atom stereocenters. The number of aliphatic hydroxyl groups is 1. The van der Waals surface area contributed by atoms with Crippen LogP contribution >= 0.6 is 0 Å². The second-order valence-corrected chi connectivity index (χ2v) is 8.65. The molecule has 0 bridgehead atoms. The number of hydrogen-bond acceptors (Lipinski definition) is 4. The summed E-state index contributed by atoms with van der Waals surface area (Å²) in [5, 5.41) is 13.2. The lowest BCUT2D eigenvalue weighted by molar-refractivity contribution is 0.0231. The third-order valence-electron chi connectivity index (χ3n) is 5.12. The second kappa shape index (κ2) is 8.52. The van der Waals surface area contributed by atoms with Crippen LogP contribution in [0.25, 0.3) is 0 Å². The van der Waals surface area contributed by atoms with Gasteiger partial charge in [0.25, 0.3) is 0 Å². The van der Waals surface area contributed by atoms with Crippen LogP contribution < -0.4 is 5.32 Å². The summed E-state index contributed by atoms with van der Waals surface area (Å²) in [4.78, 5) is 14.2. The second-order valence-electron chi connectivity index (χ2n) is 8.65. The molecule has 0 aliphatic heterocycles. The number of nitrogens with one attached hydrogen (secondary N) is 1. The van der Waals surface area contributed by atoms with Crippen LogP contribution in [0, 0.1) is 5.41 Å². The maximum atomic E-state index is 12.3. The van der Waals surface area contributed by atoms with E-state index in [4.69, 9.17) is 4.74 Å². The van der Waals surface area contributed by atoms with E-state index < -0.39 is 5.60 Å². The standard InChI is InChI=1S/C19H36N2O3/c1-18(2,3)24-17(23)21(16-8-9-16)13-7-12-20-14-19(15-22)10-5-4-6-11-19/h16,20,22H,4-15H2,1-3H3. The zero-order valence-electron chi connectivity index (χ0n) is 15.8. The zero-order valence-corrected chi connectivity index (χ0v) is 15.8. The van der Waals surface area contributed by atoms with E-state index in [1.807, 2.05) is 25.7 Å². The Morgan fingerprint density at radius 3 is 2.46 bits per heavy atom. The Balaban J connectivity index is 1.68. The molecule has 0 saturated heterocycles. The Hall–Kier alpha value is -0.810. The van der Waals surface area contributed by atoms with E-state index in [2.05, 4.69) is 5.32 Å². The first kappa shape index (κ1) is 19.5. The molecule has 0 aromatic rings. The van der Waals surface area contributed by atoms with Crippen molar-refractivity contribution < 1.29 is 14.6 Å². The molecular weight excluding hydrogens is 304 g/mol. The van der Waals surface area contributed by atoms with Crippen LogP contribution in [0.1, 0.15) is 72.1 Å². The first-order chi connectivity index (χ1) is 11.4. The number of ether oxygens (including phenoxy) is 1. The highest BCUT2D eigenvalue weighted by Crippen LogP contribution is 2.35. The molecule has 2 saturated carbocycles. The Morgan fingerprint density at radius 1 is 1.25 bits per heavy atom. The number of carbonyl (C=O) groups is 1. The van der Waals surface area contributed by atoms with Crippen LogP contribution in [-0.4, -0.2) is 54.0 Å². The summed E-state index contributed by atoms with van der Waals surface area (Å²) in [6, 6.07) is 0.377. The highest BCUT2D eigenvalue weighted by Gasteiger charge is 2.35. The monoisotopic (exact) mass is 340 g/mol. The van der Waals surface area contributed by atoms with E-state index >= 15 is 0 Å². The van der Waals surface area contributed by atoms with Crippen molar-refractivity contribution in [2.24, 2.45) is 5.41 Å². The fourth-order valence-electron chi connectivity index (χ4n) is 3.55. The molecule has 1 amide bonds. The van der Waals surface area contributed by atoms with Crippen molar-refractivity contribution in [1.82, 2.24) is 10.2 Å². The van der Waals surface area contributed by atoms with Gasteiger partial charge in [0.1, 0.15) is 5.60 Å². The normalized spacial score (nSPS) is 20.7. The molecule has 0 heterocycles. The quantitative estimate of drug-likeness (QED) is 0.666. The minimum absolute atomic E-state index is 0.0829. The third-order valence-corrected chi connectivity index (χ3v) is 5.12. The average Bonchev–Trinajstić information content (AvgIpc) is 3.34. The SMILES string of the molecule is CC(C)(C)OC(=O)N(CCCNCC1(CO)CCCCC1)C1CC1. The van der Waals surface area contributed by atoms with Gasteiger partial charge >= 0.3 is 6.09 Å². The molecule has 140 valence electrons. The molecule has 2 rings (SSSR count). The van der Waals surface area contributed by atoms with Crippen molar-refractivity contribution >= 4 is 6.09 Å². The van der Waals surface area contributed by atoms with Gasteiger partial charge in [-0.1, -0.05) is 19.3 Å². The van der Waals surface area contributed by atoms with Gasteiger partial charge in [-0.2, -0.15) is 0 Å². The maximum absolute atomic E-state index is 12.3. The van der Waals surface area contributed by atoms with Crippen LogP contribution in [0.2, 0.25) is 0 Å². The van der Waals surface area contributed by atoms with Crippen molar-refractivity contribution in [2.45, 2.75) is 83.8 Å². The van der Waals surface area contributed by atoms with Crippen LogP contribution in [0.4, 0.5) is 4.79 Å². The molecule has 2 aliphatic carbocycles. The van der Waals surface area contributed by atoms with E-state index in [1.165, 1.54) is 19.3 Å². The van der Waals surface area contributed by atoms with Crippen molar-refractivity contribution in [3.8, 4) is 0 Å². The van der Waals surface area contributed by atoms with Crippen molar-refractivity contribution in [3.63, 3.8) is 0 Å². The number of aliphatic hydroxyl groups excluding tert-OH is 1. The van der Waals surface area contributed by atoms with Crippen LogP contribution in [0.15, 0.2) is 0 Å². The Morgan fingerprint density at radius 2 is 1.92 bits per heavy atom. The largest absolute Gasteiger partial charge is 0.444 e. The van der Waals surface area contributed by atoms with Gasteiger partial charge in [0.05, 0.1) is 0 Å². The summed E-state index contributed by atoms with van der Waals surface area (Å²) in [7, 11) is 0. The van der Waals surface area contributed by atoms with E-state index in [1.54, 1.807) is 0 Å². The topological polar surface area (TPSA) is 61.8 Å². The van der Waals surface area contributed by atoms with E-state index in [9.17, 15) is 9.90 Å². The predicted octanol–water partition coefficient (Wildman–Crippen LogP) is 3.31. The lowest BCUT2D eigenvalue weighted by Crippen LogP contribution is -2.41. The van der Waals surface area contributed by atoms with Crippen molar-refractivity contribution in [3.05, 3.63) is 0 Å². The summed E-state index contributed by atoms with van der Waals surface area (Å²) in [6.45, 7) is 8.54. The Labute approximate surface area is 147 Å². The summed E-state index contributed by atoms with van der Waals surface area (Å²) in [6.07, 6.45) is 8.97. The fraction of sp³-hybridized carbons (Fsp3) is 0.947. The Bertz CT molecular complexity index is 396. The number of nitrogens with zero attached hydrogens (tertiary/aromatic N) is 1. The smallest absolute Gasteiger partial charge is 0.410 e. The van der Waals surface area contributed by atoms with Crippen molar-refractivity contribution in [1.29, 1.82) is 0 Å².